The Bertz CT molecular complexity index is 104. The van der Waals surface area contributed by atoms with Crippen molar-refractivity contribution in [3.05, 3.63) is 0 Å². The molecule has 0 amide bonds. The van der Waals surface area contributed by atoms with Crippen LogP contribution in [0, 0.1) is 11.8 Å². The van der Waals surface area contributed by atoms with Crippen molar-refractivity contribution in [1.82, 2.24) is 0 Å². The van der Waals surface area contributed by atoms with Crippen molar-refractivity contribution in [2.24, 2.45) is 17.6 Å². The van der Waals surface area contributed by atoms with Crippen molar-refractivity contribution >= 4 is 0 Å². The number of rotatable bonds is 6. The lowest BCUT2D eigenvalue weighted by atomic mass is 10.1. The molecule has 2 atom stereocenters. The topological polar surface area (TPSA) is 35.2 Å². The first-order chi connectivity index (χ1) is 5.56. The second kappa shape index (κ2) is 6.44. The lowest BCUT2D eigenvalue weighted by Crippen LogP contribution is -2.21. The van der Waals surface area contributed by atoms with Gasteiger partial charge in [-0.15, -0.1) is 0 Å². The van der Waals surface area contributed by atoms with Crippen molar-refractivity contribution in [3.8, 4) is 0 Å². The average molecular weight is 173 g/mol. The van der Waals surface area contributed by atoms with E-state index in [1.165, 1.54) is 0 Å². The van der Waals surface area contributed by atoms with E-state index in [1.807, 2.05) is 0 Å². The molecule has 0 aromatic carbocycles. The van der Waals surface area contributed by atoms with Gasteiger partial charge < -0.3 is 10.5 Å². The maximum Gasteiger partial charge on any atom is 0.0549 e. The Morgan fingerprint density at radius 1 is 1.17 bits per heavy atom. The van der Waals surface area contributed by atoms with E-state index in [1.54, 1.807) is 0 Å². The van der Waals surface area contributed by atoms with Crippen LogP contribution in [0.25, 0.3) is 0 Å². The van der Waals surface area contributed by atoms with Gasteiger partial charge in [-0.25, -0.2) is 0 Å². The Morgan fingerprint density at radius 3 is 2.17 bits per heavy atom. The molecule has 0 aliphatic heterocycles. The third-order valence-corrected chi connectivity index (χ3v) is 1.87. The van der Waals surface area contributed by atoms with Crippen LogP contribution in [0.15, 0.2) is 0 Å². The zero-order chi connectivity index (χ0) is 9.56. The molecule has 0 aliphatic carbocycles. The van der Waals surface area contributed by atoms with Crippen LogP contribution < -0.4 is 5.73 Å². The lowest BCUT2D eigenvalue weighted by Gasteiger charge is -2.17. The fourth-order valence-electron chi connectivity index (χ4n) is 1.13. The van der Waals surface area contributed by atoms with Crippen molar-refractivity contribution in [2.75, 3.05) is 13.2 Å². The molecule has 0 aliphatic rings. The molecule has 2 heteroatoms. The van der Waals surface area contributed by atoms with E-state index in [0.717, 1.165) is 13.0 Å². The summed E-state index contributed by atoms with van der Waals surface area (Å²) in [7, 11) is 0. The molecule has 0 aromatic heterocycles. The maximum absolute atomic E-state index is 5.63. The minimum Gasteiger partial charge on any atom is -0.378 e. The summed E-state index contributed by atoms with van der Waals surface area (Å²) in [6.07, 6.45) is 1.51. The second-order valence-corrected chi connectivity index (χ2v) is 4.11. The van der Waals surface area contributed by atoms with Crippen molar-refractivity contribution in [2.45, 2.75) is 40.2 Å². The Kier molecular flexibility index (Phi) is 6.39. The van der Waals surface area contributed by atoms with Crippen molar-refractivity contribution in [3.63, 3.8) is 0 Å². The number of hydrogen-bond donors (Lipinski definition) is 1. The molecule has 2 N–H and O–H groups in total. The Labute approximate surface area is 76.5 Å². The molecule has 0 fully saturated rings. The van der Waals surface area contributed by atoms with E-state index in [0.29, 0.717) is 24.5 Å². The molecular formula is C10H23NO. The highest BCUT2D eigenvalue weighted by Gasteiger charge is 2.06. The summed E-state index contributed by atoms with van der Waals surface area (Å²) in [5.74, 6) is 1.20. The molecule has 2 unspecified atom stereocenters. The van der Waals surface area contributed by atoms with Gasteiger partial charge >= 0.3 is 0 Å². The first kappa shape index (κ1) is 11.9. The SMILES string of the molecule is CC(C)CC(C)OCC(C)CN. The van der Waals surface area contributed by atoms with Gasteiger partial charge in [-0.1, -0.05) is 20.8 Å². The van der Waals surface area contributed by atoms with Crippen molar-refractivity contribution in [1.29, 1.82) is 0 Å². The van der Waals surface area contributed by atoms with E-state index in [4.69, 9.17) is 10.5 Å². The van der Waals surface area contributed by atoms with Gasteiger partial charge in [-0.05, 0) is 31.7 Å². The van der Waals surface area contributed by atoms with Crippen LogP contribution in [0.3, 0.4) is 0 Å². The standard InChI is InChI=1S/C10H23NO/c1-8(2)5-10(4)12-7-9(3)6-11/h8-10H,5-7,11H2,1-4H3. The average Bonchev–Trinajstić information content (AvgIpc) is 1.99. The zero-order valence-electron chi connectivity index (χ0n) is 8.84. The van der Waals surface area contributed by atoms with Crippen LogP contribution in [0.1, 0.15) is 34.1 Å². The molecule has 12 heavy (non-hydrogen) atoms. The highest BCUT2D eigenvalue weighted by atomic mass is 16.5. The smallest absolute Gasteiger partial charge is 0.0549 e. The number of ether oxygens (including phenoxy) is 1. The minimum atomic E-state index is 0.374. The third kappa shape index (κ3) is 6.62. The van der Waals surface area contributed by atoms with Gasteiger partial charge in [0.2, 0.25) is 0 Å². The van der Waals surface area contributed by atoms with E-state index >= 15 is 0 Å². The Morgan fingerprint density at radius 2 is 1.75 bits per heavy atom. The van der Waals surface area contributed by atoms with Crippen LogP contribution in [0.4, 0.5) is 0 Å². The van der Waals surface area contributed by atoms with Gasteiger partial charge in [0, 0.05) is 0 Å². The highest BCUT2D eigenvalue weighted by Crippen LogP contribution is 2.08. The van der Waals surface area contributed by atoms with Gasteiger partial charge in [0.1, 0.15) is 0 Å². The normalized spacial score (nSPS) is 16.5. The third-order valence-electron chi connectivity index (χ3n) is 1.87. The molecule has 0 bridgehead atoms. The summed E-state index contributed by atoms with van der Waals surface area (Å²) < 4.78 is 5.63. The monoisotopic (exact) mass is 173 g/mol. The van der Waals surface area contributed by atoms with Crippen LogP contribution in [0.5, 0.6) is 0 Å². The van der Waals surface area contributed by atoms with E-state index in [2.05, 4.69) is 27.7 Å². The summed E-state index contributed by atoms with van der Waals surface area (Å²) in [5, 5.41) is 0. The maximum atomic E-state index is 5.63. The van der Waals surface area contributed by atoms with Crippen LogP contribution in [-0.4, -0.2) is 19.3 Å². The summed E-state index contributed by atoms with van der Waals surface area (Å²) in [6.45, 7) is 10.2. The summed E-state index contributed by atoms with van der Waals surface area (Å²) >= 11 is 0. The molecule has 0 aromatic rings. The Balaban J connectivity index is 3.36. The second-order valence-electron chi connectivity index (χ2n) is 4.11. The molecule has 2 nitrogen and oxygen atoms in total. The largest absolute Gasteiger partial charge is 0.378 e. The molecule has 0 rings (SSSR count). The van der Waals surface area contributed by atoms with Gasteiger partial charge in [0.15, 0.2) is 0 Å². The van der Waals surface area contributed by atoms with Gasteiger partial charge in [0.25, 0.3) is 0 Å². The quantitative estimate of drug-likeness (QED) is 0.667. The molecule has 0 spiro atoms. The molecule has 0 radical (unpaired) electrons. The van der Waals surface area contributed by atoms with Crippen LogP contribution >= 0.6 is 0 Å². The fourth-order valence-corrected chi connectivity index (χ4v) is 1.13. The van der Waals surface area contributed by atoms with Crippen molar-refractivity contribution < 1.29 is 4.74 Å². The first-order valence-electron chi connectivity index (χ1n) is 4.88. The predicted molar refractivity (Wildman–Crippen MR) is 53.1 cm³/mol. The summed E-state index contributed by atoms with van der Waals surface area (Å²) in [6, 6.07) is 0. The minimum absolute atomic E-state index is 0.374. The van der Waals surface area contributed by atoms with Crippen LogP contribution in [0.2, 0.25) is 0 Å². The van der Waals surface area contributed by atoms with Gasteiger partial charge in [0.05, 0.1) is 12.7 Å². The number of nitrogens with two attached hydrogens (primary N) is 1. The fraction of sp³-hybridized carbons (Fsp3) is 1.00. The predicted octanol–water partition coefficient (Wildman–Crippen LogP) is 2.03. The number of hydrogen-bond acceptors (Lipinski definition) is 2. The van der Waals surface area contributed by atoms with E-state index in [-0.39, 0.29) is 0 Å². The van der Waals surface area contributed by atoms with E-state index in [9.17, 15) is 0 Å². The highest BCUT2D eigenvalue weighted by molar-refractivity contribution is 4.56. The molecule has 0 saturated heterocycles. The van der Waals surface area contributed by atoms with Gasteiger partial charge in [-0.3, -0.25) is 0 Å². The lowest BCUT2D eigenvalue weighted by molar-refractivity contribution is 0.0335. The summed E-state index contributed by atoms with van der Waals surface area (Å²) in [5.41, 5.74) is 5.48. The Hall–Kier alpha value is -0.0800. The zero-order valence-corrected chi connectivity index (χ0v) is 8.84. The first-order valence-corrected chi connectivity index (χ1v) is 4.88. The molecule has 74 valence electrons. The summed E-state index contributed by atoms with van der Waals surface area (Å²) in [4.78, 5) is 0. The van der Waals surface area contributed by atoms with Gasteiger partial charge in [-0.2, -0.15) is 0 Å². The molecule has 0 heterocycles. The van der Waals surface area contributed by atoms with Crippen LogP contribution in [-0.2, 0) is 4.74 Å². The van der Waals surface area contributed by atoms with E-state index < -0.39 is 0 Å². The molecule has 0 saturated carbocycles. The molecular weight excluding hydrogens is 150 g/mol.